The first kappa shape index (κ1) is 16.3. The molecule has 0 aliphatic carbocycles. The lowest BCUT2D eigenvalue weighted by atomic mass is 9.98. The lowest BCUT2D eigenvalue weighted by Gasteiger charge is -2.31. The molecule has 4 rings (SSSR count). The molecule has 130 valence electrons. The van der Waals surface area contributed by atoms with Crippen molar-refractivity contribution in [1.82, 2.24) is 9.88 Å². The monoisotopic (exact) mass is 354 g/mol. The van der Waals surface area contributed by atoms with E-state index in [1.807, 2.05) is 59.3 Å². The van der Waals surface area contributed by atoms with Crippen LogP contribution < -0.4 is 0 Å². The molecule has 0 unspecified atom stereocenters. The number of furan rings is 1. The number of rotatable bonds is 5. The number of H-pyrrole nitrogens is 1. The summed E-state index contributed by atoms with van der Waals surface area (Å²) in [5, 5.41) is 1.02. The standard InChI is InChI=1S/C20H22N2O2S/c23-20(18-12-21-19-6-2-1-5-17(18)19)22-9-7-15(8-10-22)13-25-14-16-4-3-11-24-16/h1-6,11-12,15,21H,7-10,13-14H2. The quantitative estimate of drug-likeness (QED) is 0.731. The second kappa shape index (κ2) is 7.40. The van der Waals surface area contributed by atoms with Crippen molar-refractivity contribution in [2.45, 2.75) is 18.6 Å². The molecule has 1 aliphatic rings. The summed E-state index contributed by atoms with van der Waals surface area (Å²) < 4.78 is 5.37. The van der Waals surface area contributed by atoms with Crippen molar-refractivity contribution in [3.05, 3.63) is 60.2 Å². The number of amides is 1. The molecule has 0 saturated carbocycles. The van der Waals surface area contributed by atoms with Gasteiger partial charge in [-0.05, 0) is 42.7 Å². The number of piperidine rings is 1. The molecule has 25 heavy (non-hydrogen) atoms. The zero-order valence-corrected chi connectivity index (χ0v) is 14.9. The Hall–Kier alpha value is -2.14. The van der Waals surface area contributed by atoms with E-state index in [0.29, 0.717) is 5.92 Å². The lowest BCUT2D eigenvalue weighted by Crippen LogP contribution is -2.38. The van der Waals surface area contributed by atoms with Crippen LogP contribution in [0.1, 0.15) is 29.0 Å². The summed E-state index contributed by atoms with van der Waals surface area (Å²) >= 11 is 1.92. The number of benzene rings is 1. The average molecular weight is 354 g/mol. The minimum absolute atomic E-state index is 0.152. The van der Waals surface area contributed by atoms with Crippen molar-refractivity contribution < 1.29 is 9.21 Å². The number of nitrogens with zero attached hydrogens (tertiary/aromatic N) is 1. The van der Waals surface area contributed by atoms with Crippen LogP contribution in [0.25, 0.3) is 10.9 Å². The van der Waals surface area contributed by atoms with Crippen molar-refractivity contribution in [3.8, 4) is 0 Å². The number of likely N-dealkylation sites (tertiary alicyclic amines) is 1. The van der Waals surface area contributed by atoms with Crippen LogP contribution in [-0.4, -0.2) is 34.6 Å². The second-order valence-corrected chi connectivity index (χ2v) is 7.61. The van der Waals surface area contributed by atoms with Crippen molar-refractivity contribution in [2.75, 3.05) is 18.8 Å². The minimum atomic E-state index is 0.152. The van der Waals surface area contributed by atoms with Gasteiger partial charge in [-0.15, -0.1) is 0 Å². The van der Waals surface area contributed by atoms with E-state index in [1.165, 1.54) is 0 Å². The predicted octanol–water partition coefficient (Wildman–Crippen LogP) is 4.55. The molecule has 5 heteroatoms. The van der Waals surface area contributed by atoms with E-state index in [0.717, 1.165) is 59.7 Å². The Labute approximate surface area is 151 Å². The fraction of sp³-hybridized carbons (Fsp3) is 0.350. The Kier molecular flexibility index (Phi) is 4.83. The van der Waals surface area contributed by atoms with Gasteiger partial charge in [-0.1, -0.05) is 18.2 Å². The first-order valence-electron chi connectivity index (χ1n) is 8.77. The number of carbonyl (C=O) groups is 1. The van der Waals surface area contributed by atoms with Crippen LogP contribution in [0.15, 0.2) is 53.3 Å². The molecule has 4 nitrogen and oxygen atoms in total. The topological polar surface area (TPSA) is 49.2 Å². The largest absolute Gasteiger partial charge is 0.468 e. The molecule has 1 saturated heterocycles. The third-order valence-electron chi connectivity index (χ3n) is 4.90. The van der Waals surface area contributed by atoms with Gasteiger partial charge < -0.3 is 14.3 Å². The maximum atomic E-state index is 12.8. The fourth-order valence-corrected chi connectivity index (χ4v) is 4.59. The SMILES string of the molecule is O=C(c1c[nH]c2ccccc12)N1CCC(CSCc2ccco2)CC1. The molecule has 0 atom stereocenters. The summed E-state index contributed by atoms with van der Waals surface area (Å²) in [6.45, 7) is 1.70. The van der Waals surface area contributed by atoms with Crippen molar-refractivity contribution in [2.24, 2.45) is 5.92 Å². The zero-order valence-electron chi connectivity index (χ0n) is 14.1. The Bertz CT molecular complexity index is 832. The van der Waals surface area contributed by atoms with E-state index in [4.69, 9.17) is 4.42 Å². The van der Waals surface area contributed by atoms with Crippen molar-refractivity contribution in [1.29, 1.82) is 0 Å². The van der Waals surface area contributed by atoms with E-state index >= 15 is 0 Å². The number of para-hydroxylation sites is 1. The van der Waals surface area contributed by atoms with Gasteiger partial charge >= 0.3 is 0 Å². The number of hydrogen-bond donors (Lipinski definition) is 1. The molecule has 2 aromatic heterocycles. The molecule has 3 aromatic rings. The molecule has 1 aliphatic heterocycles. The normalized spacial score (nSPS) is 15.8. The Morgan fingerprint density at radius 2 is 2.04 bits per heavy atom. The van der Waals surface area contributed by atoms with Gasteiger partial charge in [0.2, 0.25) is 0 Å². The number of carbonyl (C=O) groups excluding carboxylic acids is 1. The first-order chi connectivity index (χ1) is 12.3. The van der Waals surface area contributed by atoms with Gasteiger partial charge in [-0.3, -0.25) is 4.79 Å². The van der Waals surface area contributed by atoms with Gasteiger partial charge in [0, 0.05) is 30.2 Å². The number of fused-ring (bicyclic) bond motifs is 1. The number of nitrogens with one attached hydrogen (secondary N) is 1. The molecule has 0 bridgehead atoms. The van der Waals surface area contributed by atoms with Gasteiger partial charge in [-0.2, -0.15) is 11.8 Å². The Balaban J connectivity index is 1.30. The summed E-state index contributed by atoms with van der Waals surface area (Å²) in [6.07, 6.45) is 5.74. The summed E-state index contributed by atoms with van der Waals surface area (Å²) in [5.74, 6) is 3.94. The molecule has 1 aromatic carbocycles. The Morgan fingerprint density at radius 1 is 1.20 bits per heavy atom. The van der Waals surface area contributed by atoms with Crippen LogP contribution in [0, 0.1) is 5.92 Å². The van der Waals surface area contributed by atoms with Crippen LogP contribution in [0.3, 0.4) is 0 Å². The van der Waals surface area contributed by atoms with Crippen molar-refractivity contribution in [3.63, 3.8) is 0 Å². The van der Waals surface area contributed by atoms with Crippen LogP contribution in [-0.2, 0) is 5.75 Å². The van der Waals surface area contributed by atoms with Crippen LogP contribution >= 0.6 is 11.8 Å². The maximum Gasteiger partial charge on any atom is 0.256 e. The molecule has 1 fully saturated rings. The number of thioether (sulfide) groups is 1. The summed E-state index contributed by atoms with van der Waals surface area (Å²) in [6, 6.07) is 11.9. The van der Waals surface area contributed by atoms with Gasteiger partial charge in [0.05, 0.1) is 17.6 Å². The number of hydrogen-bond acceptors (Lipinski definition) is 3. The fourth-order valence-electron chi connectivity index (χ4n) is 3.44. The van der Waals surface area contributed by atoms with Crippen LogP contribution in [0.2, 0.25) is 0 Å². The second-order valence-electron chi connectivity index (χ2n) is 6.58. The summed E-state index contributed by atoms with van der Waals surface area (Å²) in [5.41, 5.74) is 1.82. The predicted molar refractivity (Wildman–Crippen MR) is 102 cm³/mol. The third-order valence-corrected chi connectivity index (χ3v) is 6.10. The molecular weight excluding hydrogens is 332 g/mol. The highest BCUT2D eigenvalue weighted by Crippen LogP contribution is 2.26. The van der Waals surface area contributed by atoms with E-state index in [2.05, 4.69) is 4.98 Å². The zero-order chi connectivity index (χ0) is 17.1. The van der Waals surface area contributed by atoms with E-state index in [-0.39, 0.29) is 5.91 Å². The van der Waals surface area contributed by atoms with Crippen molar-refractivity contribution >= 4 is 28.6 Å². The lowest BCUT2D eigenvalue weighted by molar-refractivity contribution is 0.0700. The van der Waals surface area contributed by atoms with E-state index in [1.54, 1.807) is 6.26 Å². The van der Waals surface area contributed by atoms with Crippen LogP contribution in [0.5, 0.6) is 0 Å². The highest BCUT2D eigenvalue weighted by atomic mass is 32.2. The molecule has 1 N–H and O–H groups in total. The molecule has 1 amide bonds. The average Bonchev–Trinajstić information content (AvgIpc) is 3.31. The number of aromatic nitrogens is 1. The van der Waals surface area contributed by atoms with Gasteiger partial charge in [0.15, 0.2) is 0 Å². The highest BCUT2D eigenvalue weighted by Gasteiger charge is 2.25. The summed E-state index contributed by atoms with van der Waals surface area (Å²) in [7, 11) is 0. The number of aromatic amines is 1. The molecular formula is C20H22N2O2S. The third kappa shape index (κ3) is 3.61. The Morgan fingerprint density at radius 3 is 2.84 bits per heavy atom. The molecule has 0 radical (unpaired) electrons. The minimum Gasteiger partial charge on any atom is -0.468 e. The highest BCUT2D eigenvalue weighted by molar-refractivity contribution is 7.98. The molecule has 3 heterocycles. The van der Waals surface area contributed by atoms with E-state index < -0.39 is 0 Å². The first-order valence-corrected chi connectivity index (χ1v) is 9.92. The smallest absolute Gasteiger partial charge is 0.256 e. The van der Waals surface area contributed by atoms with Gasteiger partial charge in [0.1, 0.15) is 5.76 Å². The van der Waals surface area contributed by atoms with E-state index in [9.17, 15) is 4.79 Å². The summed E-state index contributed by atoms with van der Waals surface area (Å²) in [4.78, 5) is 18.0. The van der Waals surface area contributed by atoms with Gasteiger partial charge in [0.25, 0.3) is 5.91 Å². The molecule has 0 spiro atoms. The maximum absolute atomic E-state index is 12.8. The van der Waals surface area contributed by atoms with Crippen LogP contribution in [0.4, 0.5) is 0 Å². The van der Waals surface area contributed by atoms with Gasteiger partial charge in [-0.25, -0.2) is 0 Å².